The molecule has 0 unspecified atom stereocenters. The molecule has 2 aliphatic rings. The molecule has 0 amide bonds. The first-order valence-electron chi connectivity index (χ1n) is 22.1. The molecule has 0 N–H and O–H groups in total. The van der Waals surface area contributed by atoms with Gasteiger partial charge in [0.15, 0.2) is 0 Å². The van der Waals surface area contributed by atoms with Crippen molar-refractivity contribution < 1.29 is 0 Å². The normalized spacial score (nSPS) is 14.0. The van der Waals surface area contributed by atoms with Crippen molar-refractivity contribution in [2.45, 2.75) is 19.3 Å². The summed E-state index contributed by atoms with van der Waals surface area (Å²) in [7, 11) is 0. The molecule has 2 heterocycles. The summed E-state index contributed by atoms with van der Waals surface area (Å²) in [4.78, 5) is 0. The van der Waals surface area contributed by atoms with Gasteiger partial charge in [-0.2, -0.15) is 0 Å². The van der Waals surface area contributed by atoms with Crippen LogP contribution in [0.5, 0.6) is 0 Å². The lowest BCUT2D eigenvalue weighted by molar-refractivity contribution is 1.04. The van der Waals surface area contributed by atoms with E-state index in [0.717, 1.165) is 24.9 Å². The van der Waals surface area contributed by atoms with Crippen LogP contribution in [0.1, 0.15) is 30.4 Å². The molecule has 2 aliphatic carbocycles. The van der Waals surface area contributed by atoms with Gasteiger partial charge >= 0.3 is 0 Å². The molecule has 0 radical (unpaired) electrons. The van der Waals surface area contributed by atoms with E-state index in [4.69, 9.17) is 0 Å². The summed E-state index contributed by atoms with van der Waals surface area (Å²) < 4.78 is 4.84. The Morgan fingerprint density at radius 2 is 0.873 bits per heavy atom. The van der Waals surface area contributed by atoms with Crippen molar-refractivity contribution in [3.05, 3.63) is 242 Å². The van der Waals surface area contributed by atoms with E-state index in [-0.39, 0.29) is 0 Å². The molecule has 10 aromatic rings. The summed E-state index contributed by atoms with van der Waals surface area (Å²) in [6.07, 6.45) is 19.2. The maximum Gasteiger partial charge on any atom is 0.0547 e. The van der Waals surface area contributed by atoms with Crippen LogP contribution in [0.2, 0.25) is 0 Å². The molecule has 2 aromatic heterocycles. The smallest absolute Gasteiger partial charge is 0.0547 e. The van der Waals surface area contributed by atoms with Crippen LogP contribution < -0.4 is 0 Å². The maximum absolute atomic E-state index is 2.44. The molecule has 298 valence electrons. The van der Waals surface area contributed by atoms with Gasteiger partial charge in [-0.05, 0) is 136 Å². The Kier molecular flexibility index (Phi) is 9.08. The Balaban J connectivity index is 0.876. The number of para-hydroxylation sites is 3. The number of benzene rings is 8. The van der Waals surface area contributed by atoms with E-state index in [1.807, 2.05) is 0 Å². The quantitative estimate of drug-likeness (QED) is 0.152. The Labute approximate surface area is 368 Å². The molecule has 2 nitrogen and oxygen atoms in total. The Morgan fingerprint density at radius 1 is 0.333 bits per heavy atom. The van der Waals surface area contributed by atoms with E-state index in [9.17, 15) is 0 Å². The van der Waals surface area contributed by atoms with Gasteiger partial charge in [-0.15, -0.1) is 0 Å². The number of aromatic nitrogens is 2. The molecule has 0 bridgehead atoms. The predicted octanol–water partition coefficient (Wildman–Crippen LogP) is 16.5. The molecule has 0 saturated heterocycles. The molecule has 63 heavy (non-hydrogen) atoms. The number of hydrogen-bond donors (Lipinski definition) is 0. The van der Waals surface area contributed by atoms with Crippen LogP contribution in [0.3, 0.4) is 0 Å². The van der Waals surface area contributed by atoms with Crippen molar-refractivity contribution in [1.29, 1.82) is 0 Å². The fraction of sp³-hybridized carbons (Fsp3) is 0.0492. The molecule has 0 saturated carbocycles. The van der Waals surface area contributed by atoms with Crippen LogP contribution in [0.15, 0.2) is 231 Å². The van der Waals surface area contributed by atoms with Crippen molar-refractivity contribution in [1.82, 2.24) is 9.13 Å². The molecule has 2 heteroatoms. The SMILES string of the molecule is C1=CC(c2cccc(-c3cccc(-c4ccc(-c5cccc(-n6c7ccccc7c7ccc(C8=CC=C(n9c%10ccccc%10c%10ccccc%109)C=CC8)cc76)c5)cc4)c3)c2)=CCC1. The number of nitrogens with zero attached hydrogens (tertiary/aromatic N) is 2. The van der Waals surface area contributed by atoms with E-state index in [1.54, 1.807) is 0 Å². The lowest BCUT2D eigenvalue weighted by atomic mass is 9.94. The van der Waals surface area contributed by atoms with Crippen LogP contribution in [-0.2, 0) is 0 Å². The van der Waals surface area contributed by atoms with E-state index >= 15 is 0 Å². The van der Waals surface area contributed by atoms with E-state index in [2.05, 4.69) is 240 Å². The van der Waals surface area contributed by atoms with Gasteiger partial charge in [-0.3, -0.25) is 0 Å². The number of fused-ring (bicyclic) bond motifs is 6. The summed E-state index contributed by atoms with van der Waals surface area (Å²) >= 11 is 0. The van der Waals surface area contributed by atoms with Crippen molar-refractivity contribution in [2.75, 3.05) is 0 Å². The molecular weight excluding hydrogens is 761 g/mol. The van der Waals surface area contributed by atoms with Gasteiger partial charge in [0.05, 0.1) is 22.1 Å². The molecule has 0 spiro atoms. The van der Waals surface area contributed by atoms with Gasteiger partial charge in [0.25, 0.3) is 0 Å². The third-order valence-corrected chi connectivity index (χ3v) is 13.0. The average Bonchev–Trinajstić information content (AvgIpc) is 3.75. The van der Waals surface area contributed by atoms with Gasteiger partial charge in [-0.1, -0.05) is 170 Å². The van der Waals surface area contributed by atoms with Crippen LogP contribution in [0.25, 0.3) is 99.5 Å². The molecule has 0 aliphatic heterocycles. The topological polar surface area (TPSA) is 9.86 Å². The van der Waals surface area contributed by atoms with E-state index < -0.39 is 0 Å². The summed E-state index contributed by atoms with van der Waals surface area (Å²) in [6.45, 7) is 0. The Morgan fingerprint density at radius 3 is 1.52 bits per heavy atom. The van der Waals surface area contributed by atoms with E-state index in [0.29, 0.717) is 0 Å². The van der Waals surface area contributed by atoms with Gasteiger partial charge in [0.1, 0.15) is 0 Å². The van der Waals surface area contributed by atoms with Crippen molar-refractivity contribution >= 4 is 60.5 Å². The zero-order valence-electron chi connectivity index (χ0n) is 35.0. The Hall–Kier alpha value is -7.94. The van der Waals surface area contributed by atoms with Crippen molar-refractivity contribution in [3.8, 4) is 39.1 Å². The van der Waals surface area contributed by atoms with Crippen molar-refractivity contribution in [3.63, 3.8) is 0 Å². The largest absolute Gasteiger partial charge is 0.309 e. The second kappa shape index (κ2) is 15.5. The highest BCUT2D eigenvalue weighted by molar-refractivity contribution is 6.11. The molecular formula is C61H44N2. The molecule has 12 rings (SSSR count). The fourth-order valence-corrected chi connectivity index (χ4v) is 9.89. The summed E-state index contributed by atoms with van der Waals surface area (Å²) in [5.41, 5.74) is 19.6. The monoisotopic (exact) mass is 804 g/mol. The van der Waals surface area contributed by atoms with Crippen LogP contribution in [-0.4, -0.2) is 9.13 Å². The first kappa shape index (κ1) is 36.9. The number of allylic oxidation sites excluding steroid dienone is 10. The minimum Gasteiger partial charge on any atom is -0.309 e. The third kappa shape index (κ3) is 6.59. The average molecular weight is 805 g/mol. The highest BCUT2D eigenvalue weighted by Crippen LogP contribution is 2.38. The van der Waals surface area contributed by atoms with Gasteiger partial charge in [0.2, 0.25) is 0 Å². The van der Waals surface area contributed by atoms with E-state index in [1.165, 1.54) is 105 Å². The highest BCUT2D eigenvalue weighted by Gasteiger charge is 2.17. The zero-order valence-corrected chi connectivity index (χ0v) is 35.0. The predicted molar refractivity (Wildman–Crippen MR) is 269 cm³/mol. The zero-order chi connectivity index (χ0) is 41.7. The van der Waals surface area contributed by atoms with Crippen LogP contribution >= 0.6 is 0 Å². The van der Waals surface area contributed by atoms with Gasteiger partial charge in [0, 0.05) is 32.9 Å². The van der Waals surface area contributed by atoms with Crippen LogP contribution in [0, 0.1) is 0 Å². The maximum atomic E-state index is 2.44. The standard InChI is InChI=1S/C61H44N2/c1-2-14-42(15-3-1)46-17-10-19-48(38-46)49-20-11-18-47(39-49)44-30-32-45(33-31-44)50-21-13-23-53(40-50)63-60-29-9-6-26-56(60)57-37-35-51(41-61(57)63)43-16-12-22-52(36-34-43)62-58-27-7-4-24-54(58)55-25-5-8-28-59(55)62/h2,4-15,17-41H,1,3,16H2. The number of hydrogen-bond acceptors (Lipinski definition) is 0. The lowest BCUT2D eigenvalue weighted by Gasteiger charge is -2.12. The fourth-order valence-electron chi connectivity index (χ4n) is 9.89. The molecule has 0 atom stereocenters. The van der Waals surface area contributed by atoms with Gasteiger partial charge in [-0.25, -0.2) is 0 Å². The second-order valence-electron chi connectivity index (χ2n) is 16.8. The summed E-state index contributed by atoms with van der Waals surface area (Å²) in [5, 5.41) is 5.07. The first-order chi connectivity index (χ1) is 31.2. The van der Waals surface area contributed by atoms with Crippen molar-refractivity contribution in [2.24, 2.45) is 0 Å². The van der Waals surface area contributed by atoms with Gasteiger partial charge < -0.3 is 9.13 Å². The second-order valence-corrected chi connectivity index (χ2v) is 16.8. The first-order valence-corrected chi connectivity index (χ1v) is 22.1. The highest BCUT2D eigenvalue weighted by atomic mass is 15.0. The molecule has 8 aromatic carbocycles. The minimum atomic E-state index is 0.849. The third-order valence-electron chi connectivity index (χ3n) is 13.0. The lowest BCUT2D eigenvalue weighted by Crippen LogP contribution is -1.95. The molecule has 0 fully saturated rings. The summed E-state index contributed by atoms with van der Waals surface area (Å²) in [6, 6.07) is 69.2. The summed E-state index contributed by atoms with van der Waals surface area (Å²) in [5.74, 6) is 0. The Bertz CT molecular complexity index is 3520. The minimum absolute atomic E-state index is 0.849. The van der Waals surface area contributed by atoms with Crippen LogP contribution in [0.4, 0.5) is 0 Å². The number of rotatable bonds is 7.